The summed E-state index contributed by atoms with van der Waals surface area (Å²) in [5.41, 5.74) is 0. The quantitative estimate of drug-likeness (QED) is 0.864. The number of aromatic nitrogens is 3. The van der Waals surface area contributed by atoms with E-state index in [9.17, 15) is 0 Å². The minimum atomic E-state index is 0.554. The molecule has 0 bridgehead atoms. The zero-order valence-electron chi connectivity index (χ0n) is 8.93. The second kappa shape index (κ2) is 5.12. The van der Waals surface area contributed by atoms with Crippen LogP contribution in [0.2, 0.25) is 0 Å². The summed E-state index contributed by atoms with van der Waals surface area (Å²) < 4.78 is 8.28. The predicted molar refractivity (Wildman–Crippen MR) is 64.5 cm³/mol. The fourth-order valence-electron chi connectivity index (χ4n) is 1.31. The van der Waals surface area contributed by atoms with Crippen LogP contribution in [0.3, 0.4) is 0 Å². The first-order valence-corrected chi connectivity index (χ1v) is 5.89. The van der Waals surface area contributed by atoms with Gasteiger partial charge in [0.2, 0.25) is 5.88 Å². The van der Waals surface area contributed by atoms with Crippen LogP contribution in [0.1, 0.15) is 13.3 Å². The smallest absolute Gasteiger partial charge is 0.233 e. The molecule has 4 nitrogen and oxygen atoms in total. The van der Waals surface area contributed by atoms with Crippen molar-refractivity contribution in [3.63, 3.8) is 0 Å². The predicted octanol–water partition coefficient (Wildman–Crippen LogP) is 3.24. The van der Waals surface area contributed by atoms with Crippen molar-refractivity contribution in [1.82, 2.24) is 14.8 Å². The molecule has 0 amide bonds. The number of pyridine rings is 1. The number of hydrogen-bond donors (Lipinski definition) is 0. The Hall–Kier alpha value is -1.36. The standard InChI is InChI=1S/C11H12BrN3O/c1-2-6-15-8-9(7-14-15)16-11-10(12)4-3-5-13-11/h3-5,7-8H,2,6H2,1H3. The molecule has 16 heavy (non-hydrogen) atoms. The highest BCUT2D eigenvalue weighted by Gasteiger charge is 2.05. The van der Waals surface area contributed by atoms with E-state index in [0.29, 0.717) is 11.6 Å². The molecular formula is C11H12BrN3O. The summed E-state index contributed by atoms with van der Waals surface area (Å²) in [6.07, 6.45) is 6.30. The van der Waals surface area contributed by atoms with Gasteiger partial charge in [0, 0.05) is 12.7 Å². The van der Waals surface area contributed by atoms with Gasteiger partial charge >= 0.3 is 0 Å². The lowest BCUT2D eigenvalue weighted by molar-refractivity contribution is 0.458. The molecule has 0 fully saturated rings. The molecule has 5 heteroatoms. The Kier molecular flexibility index (Phi) is 3.56. The molecule has 2 heterocycles. The summed E-state index contributed by atoms with van der Waals surface area (Å²) in [5.74, 6) is 1.26. The first kappa shape index (κ1) is 11.1. The Bertz CT molecular complexity index is 470. The molecule has 0 aliphatic heterocycles. The monoisotopic (exact) mass is 281 g/mol. The first-order chi connectivity index (χ1) is 7.79. The zero-order chi connectivity index (χ0) is 11.4. The molecule has 84 valence electrons. The molecular weight excluding hydrogens is 270 g/mol. The topological polar surface area (TPSA) is 39.9 Å². The summed E-state index contributed by atoms with van der Waals surface area (Å²) in [7, 11) is 0. The Labute approximate surface area is 102 Å². The van der Waals surface area contributed by atoms with Gasteiger partial charge in [-0.2, -0.15) is 5.10 Å². The molecule has 0 unspecified atom stereocenters. The highest BCUT2D eigenvalue weighted by atomic mass is 79.9. The van der Waals surface area contributed by atoms with Crippen molar-refractivity contribution in [3.05, 3.63) is 35.2 Å². The third-order valence-electron chi connectivity index (χ3n) is 2.00. The van der Waals surface area contributed by atoms with Crippen molar-refractivity contribution in [2.24, 2.45) is 0 Å². The third kappa shape index (κ3) is 2.61. The molecule has 2 aromatic heterocycles. The SMILES string of the molecule is CCCn1cc(Oc2ncccc2Br)cn1. The maximum absolute atomic E-state index is 5.59. The number of nitrogens with zero attached hydrogens (tertiary/aromatic N) is 3. The van der Waals surface area contributed by atoms with Gasteiger partial charge in [0.1, 0.15) is 0 Å². The van der Waals surface area contributed by atoms with Crippen LogP contribution in [-0.4, -0.2) is 14.8 Å². The van der Waals surface area contributed by atoms with E-state index in [0.717, 1.165) is 17.4 Å². The Morgan fingerprint density at radius 2 is 2.38 bits per heavy atom. The van der Waals surface area contributed by atoms with E-state index >= 15 is 0 Å². The van der Waals surface area contributed by atoms with E-state index in [1.807, 2.05) is 23.0 Å². The largest absolute Gasteiger partial charge is 0.435 e. The van der Waals surface area contributed by atoms with Gasteiger partial charge in [0.15, 0.2) is 5.75 Å². The minimum absolute atomic E-state index is 0.554. The second-order valence-electron chi connectivity index (χ2n) is 3.33. The molecule has 0 aliphatic rings. The maximum atomic E-state index is 5.59. The normalized spacial score (nSPS) is 10.4. The van der Waals surface area contributed by atoms with Crippen molar-refractivity contribution in [2.45, 2.75) is 19.9 Å². The molecule has 0 radical (unpaired) electrons. The first-order valence-electron chi connectivity index (χ1n) is 5.10. The molecule has 0 aliphatic carbocycles. The lowest BCUT2D eigenvalue weighted by atomic mass is 10.5. The third-order valence-corrected chi connectivity index (χ3v) is 2.61. The summed E-state index contributed by atoms with van der Waals surface area (Å²) in [5, 5.41) is 4.18. The van der Waals surface area contributed by atoms with Crippen LogP contribution in [0.4, 0.5) is 0 Å². The number of halogens is 1. The van der Waals surface area contributed by atoms with Crippen LogP contribution in [0.15, 0.2) is 35.2 Å². The van der Waals surface area contributed by atoms with Crippen molar-refractivity contribution < 1.29 is 4.74 Å². The van der Waals surface area contributed by atoms with Crippen molar-refractivity contribution in [3.8, 4) is 11.6 Å². The summed E-state index contributed by atoms with van der Waals surface area (Å²) >= 11 is 3.38. The van der Waals surface area contributed by atoms with E-state index < -0.39 is 0 Å². The molecule has 2 rings (SSSR count). The van der Waals surface area contributed by atoms with Crippen LogP contribution in [0.25, 0.3) is 0 Å². The van der Waals surface area contributed by atoms with Gasteiger partial charge in [-0.05, 0) is 34.5 Å². The minimum Gasteiger partial charge on any atom is -0.435 e. The van der Waals surface area contributed by atoms with Crippen LogP contribution < -0.4 is 4.74 Å². The highest BCUT2D eigenvalue weighted by Crippen LogP contribution is 2.26. The molecule has 0 atom stereocenters. The van der Waals surface area contributed by atoms with Gasteiger partial charge in [0.05, 0.1) is 16.9 Å². The fraction of sp³-hybridized carbons (Fsp3) is 0.273. The van der Waals surface area contributed by atoms with E-state index in [-0.39, 0.29) is 0 Å². The number of ether oxygens (including phenoxy) is 1. The van der Waals surface area contributed by atoms with E-state index in [2.05, 4.69) is 32.9 Å². The van der Waals surface area contributed by atoms with E-state index in [4.69, 9.17) is 4.74 Å². The fourth-order valence-corrected chi connectivity index (χ4v) is 1.64. The van der Waals surface area contributed by atoms with Gasteiger partial charge in [0.25, 0.3) is 0 Å². The summed E-state index contributed by atoms with van der Waals surface area (Å²) in [4.78, 5) is 4.12. The maximum Gasteiger partial charge on any atom is 0.233 e. The van der Waals surface area contributed by atoms with Gasteiger partial charge in [-0.1, -0.05) is 6.92 Å². The average Bonchev–Trinajstić information content (AvgIpc) is 2.70. The highest BCUT2D eigenvalue weighted by molar-refractivity contribution is 9.10. The molecule has 0 aromatic carbocycles. The Morgan fingerprint density at radius 1 is 1.50 bits per heavy atom. The van der Waals surface area contributed by atoms with E-state index in [1.165, 1.54) is 0 Å². The van der Waals surface area contributed by atoms with E-state index in [1.54, 1.807) is 12.4 Å². The molecule has 0 saturated carbocycles. The lowest BCUT2D eigenvalue weighted by Gasteiger charge is -2.02. The van der Waals surface area contributed by atoms with Gasteiger partial charge in [-0.25, -0.2) is 4.98 Å². The lowest BCUT2D eigenvalue weighted by Crippen LogP contribution is -1.95. The number of aryl methyl sites for hydroxylation is 1. The summed E-state index contributed by atoms with van der Waals surface area (Å²) in [6.45, 7) is 3.00. The van der Waals surface area contributed by atoms with Crippen molar-refractivity contribution >= 4 is 15.9 Å². The van der Waals surface area contributed by atoms with Gasteiger partial charge in [-0.3, -0.25) is 4.68 Å². The number of rotatable bonds is 4. The van der Waals surface area contributed by atoms with Crippen LogP contribution in [-0.2, 0) is 6.54 Å². The van der Waals surface area contributed by atoms with Crippen LogP contribution in [0.5, 0.6) is 11.6 Å². The molecule has 0 N–H and O–H groups in total. The zero-order valence-corrected chi connectivity index (χ0v) is 10.5. The van der Waals surface area contributed by atoms with Crippen LogP contribution in [0, 0.1) is 0 Å². The van der Waals surface area contributed by atoms with Gasteiger partial charge in [-0.15, -0.1) is 0 Å². The van der Waals surface area contributed by atoms with Crippen LogP contribution >= 0.6 is 15.9 Å². The number of hydrogen-bond acceptors (Lipinski definition) is 3. The van der Waals surface area contributed by atoms with Gasteiger partial charge < -0.3 is 4.74 Å². The molecule has 0 saturated heterocycles. The summed E-state index contributed by atoms with van der Waals surface area (Å²) in [6, 6.07) is 3.73. The Balaban J connectivity index is 2.11. The average molecular weight is 282 g/mol. The Morgan fingerprint density at radius 3 is 3.12 bits per heavy atom. The van der Waals surface area contributed by atoms with Crippen molar-refractivity contribution in [1.29, 1.82) is 0 Å². The van der Waals surface area contributed by atoms with Crippen molar-refractivity contribution in [2.75, 3.05) is 0 Å². The molecule has 0 spiro atoms. The second-order valence-corrected chi connectivity index (χ2v) is 4.19. The molecule has 2 aromatic rings.